The Bertz CT molecular complexity index is 501. The zero-order valence-electron chi connectivity index (χ0n) is 10.2. The summed E-state index contributed by atoms with van der Waals surface area (Å²) in [6, 6.07) is 3.70. The molecule has 7 heteroatoms. The van der Waals surface area contributed by atoms with E-state index in [1.54, 1.807) is 12.1 Å². The first-order valence-corrected chi connectivity index (χ1v) is 9.03. The number of likely N-dealkylation sites (N-methyl/N-ethyl adjacent to an activating group) is 1. The van der Waals surface area contributed by atoms with Crippen LogP contribution in [0, 0.1) is 0 Å². The van der Waals surface area contributed by atoms with E-state index in [9.17, 15) is 8.42 Å². The van der Waals surface area contributed by atoms with Gasteiger partial charge in [-0.05, 0) is 54.5 Å². The molecule has 0 radical (unpaired) electrons. The van der Waals surface area contributed by atoms with Crippen LogP contribution >= 0.6 is 27.3 Å². The highest BCUT2D eigenvalue weighted by Gasteiger charge is 2.22. The quantitative estimate of drug-likeness (QED) is 0.904. The van der Waals surface area contributed by atoms with E-state index in [2.05, 4.69) is 32.6 Å². The molecule has 2 rings (SSSR count). The second-order valence-corrected chi connectivity index (χ2v) is 9.00. The van der Waals surface area contributed by atoms with Crippen molar-refractivity contribution in [3.63, 3.8) is 0 Å². The normalized spacial score (nSPS) is 22.2. The van der Waals surface area contributed by atoms with Gasteiger partial charge in [0.05, 0.1) is 3.79 Å². The third-order valence-electron chi connectivity index (χ3n) is 3.24. The molecule has 1 unspecified atom stereocenters. The Morgan fingerprint density at radius 1 is 1.50 bits per heavy atom. The highest BCUT2D eigenvalue weighted by molar-refractivity contribution is 9.11. The number of piperidine rings is 1. The molecule has 1 atom stereocenters. The van der Waals surface area contributed by atoms with E-state index in [0.717, 1.165) is 16.8 Å². The zero-order chi connectivity index (χ0) is 13.2. The maximum Gasteiger partial charge on any atom is 0.250 e. The van der Waals surface area contributed by atoms with Crippen LogP contribution in [0.15, 0.2) is 20.1 Å². The topological polar surface area (TPSA) is 49.4 Å². The van der Waals surface area contributed by atoms with Crippen LogP contribution in [0.1, 0.15) is 19.3 Å². The summed E-state index contributed by atoms with van der Waals surface area (Å²) in [5.74, 6) is 0. The van der Waals surface area contributed by atoms with Crippen molar-refractivity contribution < 1.29 is 8.42 Å². The third-order valence-corrected chi connectivity index (χ3v) is 6.78. The van der Waals surface area contributed by atoms with Gasteiger partial charge < -0.3 is 4.90 Å². The van der Waals surface area contributed by atoms with Crippen LogP contribution in [0.5, 0.6) is 0 Å². The van der Waals surface area contributed by atoms with Crippen LogP contribution in [-0.4, -0.2) is 39.5 Å². The van der Waals surface area contributed by atoms with Crippen molar-refractivity contribution >= 4 is 37.3 Å². The third kappa shape index (κ3) is 3.54. The van der Waals surface area contributed by atoms with Crippen molar-refractivity contribution in [2.75, 3.05) is 20.1 Å². The predicted octanol–water partition coefficient (Wildman–Crippen LogP) is 2.27. The average molecular weight is 353 g/mol. The maximum atomic E-state index is 12.1. The number of nitrogens with one attached hydrogen (secondary N) is 1. The predicted molar refractivity (Wildman–Crippen MR) is 77.5 cm³/mol. The molecule has 102 valence electrons. The molecule has 0 amide bonds. The Morgan fingerprint density at radius 3 is 2.89 bits per heavy atom. The van der Waals surface area contributed by atoms with Crippen molar-refractivity contribution in [3.05, 3.63) is 15.9 Å². The van der Waals surface area contributed by atoms with Crippen LogP contribution in [0.3, 0.4) is 0 Å². The van der Waals surface area contributed by atoms with E-state index < -0.39 is 10.0 Å². The number of hydrogen-bond acceptors (Lipinski definition) is 4. The van der Waals surface area contributed by atoms with Crippen molar-refractivity contribution in [1.82, 2.24) is 9.62 Å². The largest absolute Gasteiger partial charge is 0.302 e. The second-order valence-electron chi connectivity index (χ2n) is 4.54. The number of nitrogens with zero attached hydrogens (tertiary/aromatic N) is 1. The minimum absolute atomic E-state index is 0.317. The van der Waals surface area contributed by atoms with Crippen LogP contribution < -0.4 is 4.72 Å². The minimum atomic E-state index is -3.35. The van der Waals surface area contributed by atoms with Gasteiger partial charge in [0.15, 0.2) is 0 Å². The first-order valence-electron chi connectivity index (χ1n) is 5.94. The van der Waals surface area contributed by atoms with Gasteiger partial charge in [0.2, 0.25) is 10.0 Å². The summed E-state index contributed by atoms with van der Waals surface area (Å²) in [6.07, 6.45) is 3.45. The number of likely N-dealkylation sites (tertiary alicyclic amines) is 1. The maximum absolute atomic E-state index is 12.1. The SMILES string of the molecule is CN1CCCCC1CNS(=O)(=O)c1ccc(Br)s1. The highest BCUT2D eigenvalue weighted by Crippen LogP contribution is 2.26. The molecule has 1 aromatic rings. The number of thiophene rings is 1. The molecular formula is C11H17BrN2O2S2. The van der Waals surface area contributed by atoms with Gasteiger partial charge in [-0.3, -0.25) is 0 Å². The van der Waals surface area contributed by atoms with Gasteiger partial charge in [0, 0.05) is 12.6 Å². The Morgan fingerprint density at radius 2 is 2.28 bits per heavy atom. The van der Waals surface area contributed by atoms with Crippen LogP contribution in [0.25, 0.3) is 0 Å². The van der Waals surface area contributed by atoms with Crippen LogP contribution in [-0.2, 0) is 10.0 Å². The number of rotatable bonds is 4. The molecule has 1 fully saturated rings. The van der Waals surface area contributed by atoms with Crippen molar-refractivity contribution in [2.24, 2.45) is 0 Å². The molecule has 18 heavy (non-hydrogen) atoms. The summed E-state index contributed by atoms with van der Waals surface area (Å²) < 4.78 is 28.0. The molecule has 0 aliphatic carbocycles. The van der Waals surface area contributed by atoms with Gasteiger partial charge in [-0.25, -0.2) is 13.1 Å². The molecule has 1 N–H and O–H groups in total. The first kappa shape index (κ1) is 14.5. The summed E-state index contributed by atoms with van der Waals surface area (Å²) in [7, 11) is -1.29. The highest BCUT2D eigenvalue weighted by atomic mass is 79.9. The minimum Gasteiger partial charge on any atom is -0.302 e. The van der Waals surface area contributed by atoms with E-state index in [1.807, 2.05) is 0 Å². The van der Waals surface area contributed by atoms with Crippen LogP contribution in [0.4, 0.5) is 0 Å². The monoisotopic (exact) mass is 352 g/mol. The molecule has 4 nitrogen and oxygen atoms in total. The molecule has 1 aromatic heterocycles. The Balaban J connectivity index is 1.96. The smallest absolute Gasteiger partial charge is 0.250 e. The molecule has 2 heterocycles. The summed E-state index contributed by atoms with van der Waals surface area (Å²) >= 11 is 4.51. The fraction of sp³-hybridized carbons (Fsp3) is 0.636. The molecule has 1 saturated heterocycles. The molecule has 0 saturated carbocycles. The summed E-state index contributed by atoms with van der Waals surface area (Å²) in [5.41, 5.74) is 0. The molecule has 0 spiro atoms. The Labute approximate surface area is 121 Å². The van der Waals surface area contributed by atoms with Gasteiger partial charge in [-0.2, -0.15) is 0 Å². The lowest BCUT2D eigenvalue weighted by molar-refractivity contribution is 0.187. The van der Waals surface area contributed by atoms with Gasteiger partial charge in [-0.1, -0.05) is 6.42 Å². The first-order chi connectivity index (χ1) is 8.49. The van der Waals surface area contributed by atoms with Crippen molar-refractivity contribution in [3.8, 4) is 0 Å². The van der Waals surface area contributed by atoms with Crippen molar-refractivity contribution in [2.45, 2.75) is 29.5 Å². The van der Waals surface area contributed by atoms with Crippen LogP contribution in [0.2, 0.25) is 0 Å². The van der Waals surface area contributed by atoms with E-state index in [0.29, 0.717) is 16.8 Å². The zero-order valence-corrected chi connectivity index (χ0v) is 13.4. The number of sulfonamides is 1. The van der Waals surface area contributed by atoms with Gasteiger partial charge >= 0.3 is 0 Å². The van der Waals surface area contributed by atoms with E-state index in [4.69, 9.17) is 0 Å². The average Bonchev–Trinajstić information content (AvgIpc) is 2.76. The van der Waals surface area contributed by atoms with Gasteiger partial charge in [0.1, 0.15) is 4.21 Å². The second kappa shape index (κ2) is 6.00. The van der Waals surface area contributed by atoms with E-state index in [1.165, 1.54) is 24.2 Å². The lowest BCUT2D eigenvalue weighted by Gasteiger charge is -2.32. The van der Waals surface area contributed by atoms with E-state index >= 15 is 0 Å². The Hall–Kier alpha value is 0.0500. The van der Waals surface area contributed by atoms with Gasteiger partial charge in [0.25, 0.3) is 0 Å². The number of hydrogen-bond donors (Lipinski definition) is 1. The standard InChI is InChI=1S/C11H17BrN2O2S2/c1-14-7-3-2-4-9(14)8-13-18(15,16)11-6-5-10(12)17-11/h5-6,9,13H,2-4,7-8H2,1H3. The van der Waals surface area contributed by atoms with Gasteiger partial charge in [-0.15, -0.1) is 11.3 Å². The van der Waals surface area contributed by atoms with Crippen molar-refractivity contribution in [1.29, 1.82) is 0 Å². The molecule has 1 aliphatic heterocycles. The summed E-state index contributed by atoms with van der Waals surface area (Å²) in [5, 5.41) is 0. The molecular weight excluding hydrogens is 336 g/mol. The lowest BCUT2D eigenvalue weighted by atomic mass is 10.0. The fourth-order valence-corrected chi connectivity index (χ4v) is 5.25. The number of halogens is 1. The fourth-order valence-electron chi connectivity index (χ4n) is 2.12. The Kier molecular flexibility index (Phi) is 4.82. The lowest BCUT2D eigenvalue weighted by Crippen LogP contribution is -2.44. The molecule has 1 aliphatic rings. The summed E-state index contributed by atoms with van der Waals surface area (Å²) in [4.78, 5) is 2.23. The summed E-state index contributed by atoms with van der Waals surface area (Å²) in [6.45, 7) is 1.55. The molecule has 0 aromatic carbocycles. The van der Waals surface area contributed by atoms with E-state index in [-0.39, 0.29) is 0 Å². The molecule has 0 bridgehead atoms.